The highest BCUT2D eigenvalue weighted by Gasteiger charge is 2.42. The van der Waals surface area contributed by atoms with E-state index in [1.165, 1.54) is 0 Å². The third-order valence-corrected chi connectivity index (χ3v) is 4.96. The van der Waals surface area contributed by atoms with Gasteiger partial charge >= 0.3 is 0 Å². The van der Waals surface area contributed by atoms with Gasteiger partial charge in [-0.25, -0.2) is 0 Å². The van der Waals surface area contributed by atoms with Gasteiger partial charge in [0.1, 0.15) is 0 Å². The topological polar surface area (TPSA) is 61.4 Å². The second kappa shape index (κ2) is 7.45. The number of carbonyl (C=O) groups excluding carboxylic acids is 2. The van der Waals surface area contributed by atoms with E-state index < -0.39 is 0 Å². The van der Waals surface area contributed by atoms with Gasteiger partial charge in [0.25, 0.3) is 0 Å². The lowest BCUT2D eigenvalue weighted by Gasteiger charge is -2.34. The summed E-state index contributed by atoms with van der Waals surface area (Å²) in [5.74, 6) is 0.728. The quantitative estimate of drug-likeness (QED) is 0.796. The maximum Gasteiger partial charge on any atom is 0.230 e. The van der Waals surface area contributed by atoms with Crippen LogP contribution in [0.4, 0.5) is 0 Å². The highest BCUT2D eigenvalue weighted by atomic mass is 35.5. The van der Waals surface area contributed by atoms with Gasteiger partial charge in [-0.05, 0) is 31.8 Å². The van der Waals surface area contributed by atoms with E-state index in [1.807, 2.05) is 6.92 Å². The molecule has 1 aliphatic carbocycles. The van der Waals surface area contributed by atoms with Gasteiger partial charge in [0.05, 0.1) is 5.41 Å². The Kier molecular flexibility index (Phi) is 6.47. The van der Waals surface area contributed by atoms with Gasteiger partial charge in [0.15, 0.2) is 0 Å². The van der Waals surface area contributed by atoms with E-state index in [4.69, 9.17) is 0 Å². The summed E-state index contributed by atoms with van der Waals surface area (Å²) in [6, 6.07) is 0. The molecule has 0 radical (unpaired) electrons. The lowest BCUT2D eigenvalue weighted by Crippen LogP contribution is -2.52. The molecule has 2 N–H and O–H groups in total. The number of nitrogens with one attached hydrogen (secondary N) is 2. The number of halogens is 1. The van der Waals surface area contributed by atoms with Gasteiger partial charge in [-0.1, -0.05) is 19.8 Å². The first-order valence-corrected chi connectivity index (χ1v) is 7.66. The molecule has 2 aliphatic rings. The van der Waals surface area contributed by atoms with Crippen LogP contribution in [-0.4, -0.2) is 50.4 Å². The fraction of sp³-hybridized carbons (Fsp3) is 0.867. The summed E-state index contributed by atoms with van der Waals surface area (Å²) in [6.45, 7) is 4.33. The predicted octanol–water partition coefficient (Wildman–Crippen LogP) is 1.03. The minimum atomic E-state index is -0.364. The Labute approximate surface area is 133 Å². The average molecular weight is 318 g/mol. The largest absolute Gasteiger partial charge is 0.355 e. The lowest BCUT2D eigenvalue weighted by molar-refractivity contribution is -0.139. The van der Waals surface area contributed by atoms with Crippen LogP contribution in [0.15, 0.2) is 0 Å². The van der Waals surface area contributed by atoms with Crippen molar-refractivity contribution in [3.8, 4) is 0 Å². The first-order chi connectivity index (χ1) is 9.46. The van der Waals surface area contributed by atoms with E-state index in [0.29, 0.717) is 12.5 Å². The Hall–Kier alpha value is -0.810. The molecule has 1 unspecified atom stereocenters. The van der Waals surface area contributed by atoms with Crippen molar-refractivity contribution in [1.29, 1.82) is 0 Å². The molecule has 1 aliphatic heterocycles. The summed E-state index contributed by atoms with van der Waals surface area (Å²) in [4.78, 5) is 26.3. The molecule has 0 aromatic rings. The molecule has 1 atom stereocenters. The van der Waals surface area contributed by atoms with Gasteiger partial charge in [-0.15, -0.1) is 12.4 Å². The SMILES string of the molecule is CC(C(=O)NCC1(C(=O)N(C)C)CCCC1)C1CNC1.Cl. The molecule has 0 aromatic heterocycles. The Balaban J connectivity index is 0.00000220. The van der Waals surface area contributed by atoms with Crippen LogP contribution in [0.3, 0.4) is 0 Å². The van der Waals surface area contributed by atoms with E-state index >= 15 is 0 Å². The van der Waals surface area contributed by atoms with Crippen molar-refractivity contribution in [3.05, 3.63) is 0 Å². The number of nitrogens with zero attached hydrogens (tertiary/aromatic N) is 1. The minimum absolute atomic E-state index is 0. The molecular weight excluding hydrogens is 290 g/mol. The molecule has 1 saturated carbocycles. The molecule has 21 heavy (non-hydrogen) atoms. The van der Waals surface area contributed by atoms with Crippen molar-refractivity contribution >= 4 is 24.2 Å². The molecule has 2 amide bonds. The Morgan fingerprint density at radius 3 is 2.29 bits per heavy atom. The van der Waals surface area contributed by atoms with Crippen molar-refractivity contribution in [2.75, 3.05) is 33.7 Å². The average Bonchev–Trinajstić information content (AvgIpc) is 2.82. The zero-order valence-electron chi connectivity index (χ0n) is 13.3. The van der Waals surface area contributed by atoms with Gasteiger partial charge in [0.2, 0.25) is 11.8 Å². The van der Waals surface area contributed by atoms with Crippen LogP contribution in [0.25, 0.3) is 0 Å². The van der Waals surface area contributed by atoms with Gasteiger partial charge in [-0.2, -0.15) is 0 Å². The minimum Gasteiger partial charge on any atom is -0.355 e. The molecule has 2 fully saturated rings. The Morgan fingerprint density at radius 2 is 1.86 bits per heavy atom. The lowest BCUT2D eigenvalue weighted by atomic mass is 9.83. The van der Waals surface area contributed by atoms with Gasteiger partial charge in [-0.3, -0.25) is 9.59 Å². The van der Waals surface area contributed by atoms with Crippen molar-refractivity contribution in [1.82, 2.24) is 15.5 Å². The van der Waals surface area contributed by atoms with Crippen molar-refractivity contribution in [3.63, 3.8) is 0 Å². The van der Waals surface area contributed by atoms with Crippen LogP contribution in [0, 0.1) is 17.3 Å². The molecule has 1 saturated heterocycles. The summed E-state index contributed by atoms with van der Waals surface area (Å²) in [6.07, 6.45) is 3.95. The number of amides is 2. The maximum atomic E-state index is 12.4. The van der Waals surface area contributed by atoms with E-state index in [2.05, 4.69) is 10.6 Å². The molecule has 1 heterocycles. The molecule has 0 spiro atoms. The van der Waals surface area contributed by atoms with Crippen molar-refractivity contribution < 1.29 is 9.59 Å². The van der Waals surface area contributed by atoms with Crippen LogP contribution in [-0.2, 0) is 9.59 Å². The summed E-state index contributed by atoms with van der Waals surface area (Å²) >= 11 is 0. The molecule has 0 aromatic carbocycles. The zero-order chi connectivity index (χ0) is 14.8. The number of rotatable bonds is 5. The molecule has 5 nitrogen and oxygen atoms in total. The summed E-state index contributed by atoms with van der Waals surface area (Å²) in [5, 5.41) is 6.23. The van der Waals surface area contributed by atoms with Crippen LogP contribution in [0.5, 0.6) is 0 Å². The third kappa shape index (κ3) is 3.89. The standard InChI is InChI=1S/C15H27N3O2.ClH/c1-11(12-8-16-9-12)13(19)17-10-15(6-4-5-7-15)14(20)18(2)3;/h11-12,16H,4-10H2,1-3H3,(H,17,19);1H. The number of hydrogen-bond acceptors (Lipinski definition) is 3. The predicted molar refractivity (Wildman–Crippen MR) is 85.4 cm³/mol. The van der Waals surface area contributed by atoms with E-state index in [9.17, 15) is 9.59 Å². The van der Waals surface area contributed by atoms with Crippen LogP contribution in [0.2, 0.25) is 0 Å². The summed E-state index contributed by atoms with van der Waals surface area (Å²) < 4.78 is 0. The molecule has 0 bridgehead atoms. The van der Waals surface area contributed by atoms with Crippen LogP contribution < -0.4 is 10.6 Å². The first kappa shape index (κ1) is 18.2. The van der Waals surface area contributed by atoms with Crippen molar-refractivity contribution in [2.45, 2.75) is 32.6 Å². The van der Waals surface area contributed by atoms with Crippen LogP contribution in [0.1, 0.15) is 32.6 Å². The van der Waals surface area contributed by atoms with Gasteiger partial charge < -0.3 is 15.5 Å². The van der Waals surface area contributed by atoms with E-state index in [0.717, 1.165) is 38.8 Å². The van der Waals surface area contributed by atoms with Crippen molar-refractivity contribution in [2.24, 2.45) is 17.3 Å². The molecular formula is C15H28ClN3O2. The second-order valence-electron chi connectivity index (χ2n) is 6.61. The smallest absolute Gasteiger partial charge is 0.230 e. The molecule has 2 rings (SSSR count). The fourth-order valence-electron chi connectivity index (χ4n) is 3.29. The Morgan fingerprint density at radius 1 is 1.29 bits per heavy atom. The van der Waals surface area contributed by atoms with E-state index in [-0.39, 0.29) is 35.6 Å². The number of hydrogen-bond donors (Lipinski definition) is 2. The number of carbonyl (C=O) groups is 2. The fourth-order valence-corrected chi connectivity index (χ4v) is 3.29. The maximum absolute atomic E-state index is 12.4. The van der Waals surface area contributed by atoms with Gasteiger partial charge in [0, 0.05) is 26.6 Å². The van der Waals surface area contributed by atoms with E-state index in [1.54, 1.807) is 19.0 Å². The monoisotopic (exact) mass is 317 g/mol. The highest BCUT2D eigenvalue weighted by molar-refractivity contribution is 5.85. The zero-order valence-corrected chi connectivity index (χ0v) is 14.1. The summed E-state index contributed by atoms with van der Waals surface area (Å²) in [5.41, 5.74) is -0.364. The highest BCUT2D eigenvalue weighted by Crippen LogP contribution is 2.39. The molecule has 6 heteroatoms. The first-order valence-electron chi connectivity index (χ1n) is 7.66. The summed E-state index contributed by atoms with van der Waals surface area (Å²) in [7, 11) is 3.60. The third-order valence-electron chi connectivity index (χ3n) is 4.96. The van der Waals surface area contributed by atoms with Crippen LogP contribution >= 0.6 is 12.4 Å². The molecule has 122 valence electrons. The second-order valence-corrected chi connectivity index (χ2v) is 6.61. The normalized spacial score (nSPS) is 21.9. The Bertz CT molecular complexity index is 377.